The summed E-state index contributed by atoms with van der Waals surface area (Å²) in [5.74, 6) is -0.963. The van der Waals surface area contributed by atoms with E-state index in [2.05, 4.69) is 0 Å². The van der Waals surface area contributed by atoms with Gasteiger partial charge in [0, 0.05) is 17.1 Å². The number of carboxylic acids is 1. The number of hydrogen-bond donors (Lipinski definition) is 1. The Balaban J connectivity index is 1.60. The normalized spacial score (nSPS) is 46.7. The van der Waals surface area contributed by atoms with Crippen LogP contribution in [-0.4, -0.2) is 22.7 Å². The van der Waals surface area contributed by atoms with E-state index in [1.165, 1.54) is 32.1 Å². The largest absolute Gasteiger partial charge is 0.478 e. The van der Waals surface area contributed by atoms with E-state index in [1.54, 1.807) is 0 Å². The molecule has 2 saturated heterocycles. The molecule has 110 valence electrons. The van der Waals surface area contributed by atoms with Crippen molar-refractivity contribution in [2.24, 2.45) is 17.8 Å². The first-order chi connectivity index (χ1) is 9.52. The van der Waals surface area contributed by atoms with E-state index in [4.69, 9.17) is 9.47 Å². The van der Waals surface area contributed by atoms with Crippen LogP contribution in [0.2, 0.25) is 0 Å². The first kappa shape index (κ1) is 12.8. The van der Waals surface area contributed by atoms with Gasteiger partial charge in [-0.15, -0.1) is 0 Å². The summed E-state index contributed by atoms with van der Waals surface area (Å²) in [5, 5.41) is 9.50. The van der Waals surface area contributed by atoms with Crippen LogP contribution in [0.4, 0.5) is 0 Å². The van der Waals surface area contributed by atoms with E-state index in [0.717, 1.165) is 12.0 Å². The Morgan fingerprint density at radius 2 is 1.95 bits per heavy atom. The fraction of sp³-hybridized carbons (Fsp3) is 0.812. The maximum absolute atomic E-state index is 11.6. The predicted octanol–water partition coefficient (Wildman–Crippen LogP) is 3.08. The molecule has 2 unspecified atom stereocenters. The molecule has 1 N–H and O–H groups in total. The van der Waals surface area contributed by atoms with E-state index < -0.39 is 17.5 Å². The van der Waals surface area contributed by atoms with E-state index in [-0.39, 0.29) is 11.8 Å². The Bertz CT molecular complexity index is 495. The van der Waals surface area contributed by atoms with E-state index in [0.29, 0.717) is 11.5 Å². The van der Waals surface area contributed by atoms with E-state index in [1.807, 2.05) is 13.8 Å². The van der Waals surface area contributed by atoms with Gasteiger partial charge in [0.2, 0.25) is 5.79 Å². The quantitative estimate of drug-likeness (QED) is 0.806. The Labute approximate surface area is 119 Å². The molecule has 0 aromatic heterocycles. The molecular formula is C16H22O4. The molecule has 0 bridgehead atoms. The molecule has 0 amide bonds. The van der Waals surface area contributed by atoms with Crippen LogP contribution in [0, 0.1) is 17.8 Å². The zero-order chi connectivity index (χ0) is 14.1. The van der Waals surface area contributed by atoms with Crippen LogP contribution in [0.5, 0.6) is 0 Å². The molecule has 0 aromatic rings. The van der Waals surface area contributed by atoms with Gasteiger partial charge in [-0.25, -0.2) is 4.79 Å². The maximum Gasteiger partial charge on any atom is 0.331 e. The molecule has 1 saturated carbocycles. The molecule has 0 aromatic carbocycles. The molecule has 2 aliphatic heterocycles. The van der Waals surface area contributed by atoms with Crippen molar-refractivity contribution in [2.75, 3.05) is 0 Å². The lowest BCUT2D eigenvalue weighted by Crippen LogP contribution is -2.33. The van der Waals surface area contributed by atoms with Crippen LogP contribution in [-0.2, 0) is 14.3 Å². The highest BCUT2D eigenvalue weighted by atomic mass is 17.0. The third kappa shape index (κ3) is 1.41. The van der Waals surface area contributed by atoms with E-state index >= 15 is 0 Å². The molecule has 2 heterocycles. The molecule has 4 rings (SSSR count). The monoisotopic (exact) mass is 278 g/mol. The highest BCUT2D eigenvalue weighted by molar-refractivity contribution is 5.89. The lowest BCUT2D eigenvalue weighted by Gasteiger charge is -2.31. The zero-order valence-corrected chi connectivity index (χ0v) is 12.1. The van der Waals surface area contributed by atoms with Gasteiger partial charge in [0.05, 0.1) is 0 Å². The molecule has 4 nitrogen and oxygen atoms in total. The molecule has 0 spiro atoms. The van der Waals surface area contributed by atoms with Crippen molar-refractivity contribution in [3.05, 3.63) is 11.1 Å². The van der Waals surface area contributed by atoms with Gasteiger partial charge in [-0.05, 0) is 25.2 Å². The van der Waals surface area contributed by atoms with Crippen molar-refractivity contribution in [2.45, 2.75) is 63.9 Å². The molecule has 0 radical (unpaired) electrons. The van der Waals surface area contributed by atoms with Gasteiger partial charge in [-0.3, -0.25) is 0 Å². The number of carbonyl (C=O) groups is 1. The minimum absolute atomic E-state index is 0.0209. The highest BCUT2D eigenvalue weighted by Gasteiger charge is 2.96. The number of rotatable bonds is 3. The second-order valence-corrected chi connectivity index (χ2v) is 6.97. The summed E-state index contributed by atoms with van der Waals surface area (Å²) in [4.78, 5) is 11.6. The fourth-order valence-electron chi connectivity index (χ4n) is 4.74. The summed E-state index contributed by atoms with van der Waals surface area (Å²) in [6.45, 7) is 3.88. The minimum Gasteiger partial charge on any atom is -0.478 e. The first-order valence-electron chi connectivity index (χ1n) is 7.87. The van der Waals surface area contributed by atoms with Crippen molar-refractivity contribution in [1.82, 2.24) is 0 Å². The summed E-state index contributed by atoms with van der Waals surface area (Å²) in [6, 6.07) is 0. The minimum atomic E-state index is -0.808. The summed E-state index contributed by atoms with van der Waals surface area (Å²) < 4.78 is 11.6. The van der Waals surface area contributed by atoms with Crippen LogP contribution < -0.4 is 0 Å². The third-order valence-corrected chi connectivity index (χ3v) is 5.95. The molecule has 4 heteroatoms. The molecule has 3 fully saturated rings. The standard InChI is InChI=1S/C16H22O4/c1-9-12(8-11-6-4-3-5-7-11)16-15(19-16,20-16)10(2)13(9)14(17)18/h9,11-12H,3-8H2,1-2H3,(H,17,18). The summed E-state index contributed by atoms with van der Waals surface area (Å²) >= 11 is 0. The van der Waals surface area contributed by atoms with E-state index in [9.17, 15) is 9.90 Å². The van der Waals surface area contributed by atoms with Gasteiger partial charge in [-0.2, -0.15) is 0 Å². The summed E-state index contributed by atoms with van der Waals surface area (Å²) in [5.41, 5.74) is 1.31. The Hall–Kier alpha value is -0.870. The topological polar surface area (TPSA) is 62.4 Å². The molecular weight excluding hydrogens is 256 g/mol. The predicted molar refractivity (Wildman–Crippen MR) is 71.8 cm³/mol. The van der Waals surface area contributed by atoms with Crippen molar-refractivity contribution < 1.29 is 19.4 Å². The molecule has 2 aliphatic carbocycles. The SMILES string of the molecule is CC1=C(C(=O)O)C(C)C(CC2CCCCC2)C23OC12O3. The third-order valence-electron chi connectivity index (χ3n) is 5.95. The average Bonchev–Trinajstić information content (AvgIpc) is 3.22. The summed E-state index contributed by atoms with van der Waals surface area (Å²) in [7, 11) is 0. The molecule has 4 aliphatic rings. The van der Waals surface area contributed by atoms with Crippen molar-refractivity contribution in [1.29, 1.82) is 0 Å². The highest BCUT2D eigenvalue weighted by Crippen LogP contribution is 2.79. The second-order valence-electron chi connectivity index (χ2n) is 6.97. The van der Waals surface area contributed by atoms with Crippen LogP contribution >= 0.6 is 0 Å². The van der Waals surface area contributed by atoms with Crippen LogP contribution in [0.25, 0.3) is 0 Å². The smallest absolute Gasteiger partial charge is 0.331 e. The number of ether oxygens (including phenoxy) is 2. The van der Waals surface area contributed by atoms with Gasteiger partial charge in [0.1, 0.15) is 0 Å². The van der Waals surface area contributed by atoms with Crippen molar-refractivity contribution >= 4 is 5.97 Å². The number of epoxide rings is 2. The number of hydrogen-bond acceptors (Lipinski definition) is 3. The molecule has 20 heavy (non-hydrogen) atoms. The van der Waals surface area contributed by atoms with Gasteiger partial charge < -0.3 is 14.6 Å². The van der Waals surface area contributed by atoms with Gasteiger partial charge >= 0.3 is 5.97 Å². The van der Waals surface area contributed by atoms with Crippen LogP contribution in [0.1, 0.15) is 52.4 Å². The fourth-order valence-corrected chi connectivity index (χ4v) is 4.74. The lowest BCUT2D eigenvalue weighted by atomic mass is 9.70. The maximum atomic E-state index is 11.6. The number of aliphatic carboxylic acids is 1. The Morgan fingerprint density at radius 3 is 2.55 bits per heavy atom. The van der Waals surface area contributed by atoms with Gasteiger partial charge in [0.25, 0.3) is 5.79 Å². The first-order valence-corrected chi connectivity index (χ1v) is 7.87. The average molecular weight is 278 g/mol. The Kier molecular flexibility index (Phi) is 2.48. The van der Waals surface area contributed by atoms with Crippen LogP contribution in [0.15, 0.2) is 11.1 Å². The van der Waals surface area contributed by atoms with Gasteiger partial charge in [-0.1, -0.05) is 39.0 Å². The molecule has 2 atom stereocenters. The number of carboxylic acid groups (broad SMARTS) is 1. The second kappa shape index (κ2) is 3.86. The van der Waals surface area contributed by atoms with Crippen LogP contribution in [0.3, 0.4) is 0 Å². The summed E-state index contributed by atoms with van der Waals surface area (Å²) in [6.07, 6.45) is 7.57. The zero-order valence-electron chi connectivity index (χ0n) is 12.1. The van der Waals surface area contributed by atoms with Gasteiger partial charge in [0.15, 0.2) is 0 Å². The lowest BCUT2D eigenvalue weighted by molar-refractivity contribution is -0.133. The Morgan fingerprint density at radius 1 is 1.30 bits per heavy atom. The van der Waals surface area contributed by atoms with Crippen molar-refractivity contribution in [3.8, 4) is 0 Å². The van der Waals surface area contributed by atoms with Crippen molar-refractivity contribution in [3.63, 3.8) is 0 Å².